The molecule has 5 heteroatoms. The molecule has 29 heavy (non-hydrogen) atoms. The molecule has 1 amide bonds. The molecule has 0 atom stereocenters. The summed E-state index contributed by atoms with van der Waals surface area (Å²) in [6.07, 6.45) is 0. The molecule has 1 heterocycles. The van der Waals surface area contributed by atoms with Crippen molar-refractivity contribution in [1.82, 2.24) is 15.1 Å². The molecule has 3 rings (SSSR count). The number of hydrogen-bond acceptors (Lipinski definition) is 4. The van der Waals surface area contributed by atoms with Gasteiger partial charge < -0.3 is 15.0 Å². The predicted molar refractivity (Wildman–Crippen MR) is 117 cm³/mol. The zero-order chi connectivity index (χ0) is 20.6. The fourth-order valence-corrected chi connectivity index (χ4v) is 3.59. The van der Waals surface area contributed by atoms with Crippen molar-refractivity contribution in [1.29, 1.82) is 0 Å². The Labute approximate surface area is 174 Å². The number of likely N-dealkylation sites (N-methyl/N-ethyl adjacent to an activating group) is 1. The van der Waals surface area contributed by atoms with Crippen LogP contribution in [-0.2, 0) is 17.9 Å². The van der Waals surface area contributed by atoms with Gasteiger partial charge in [0.05, 0.1) is 0 Å². The Morgan fingerprint density at radius 1 is 0.966 bits per heavy atom. The maximum absolute atomic E-state index is 12.3. The first-order chi connectivity index (χ1) is 14.0. The first-order valence-electron chi connectivity index (χ1n) is 10.5. The van der Waals surface area contributed by atoms with Gasteiger partial charge in [-0.25, -0.2) is 0 Å². The van der Waals surface area contributed by atoms with Crippen molar-refractivity contribution < 1.29 is 9.53 Å². The number of hydrogen-bond donors (Lipinski definition) is 1. The van der Waals surface area contributed by atoms with Crippen molar-refractivity contribution in [3.63, 3.8) is 0 Å². The Bertz CT molecular complexity index is 814. The smallest absolute Gasteiger partial charge is 0.258 e. The second kappa shape index (κ2) is 10.4. The molecule has 2 aromatic carbocycles. The number of piperazine rings is 1. The first-order valence-corrected chi connectivity index (χ1v) is 10.5. The molecule has 1 aliphatic heterocycles. The van der Waals surface area contributed by atoms with E-state index in [1.165, 1.54) is 16.7 Å². The lowest BCUT2D eigenvalue weighted by Gasteiger charge is -2.34. The third kappa shape index (κ3) is 6.31. The summed E-state index contributed by atoms with van der Waals surface area (Å²) in [6.45, 7) is 13.4. The number of nitrogens with zero attached hydrogens (tertiary/aromatic N) is 2. The second-order valence-electron chi connectivity index (χ2n) is 7.79. The van der Waals surface area contributed by atoms with E-state index in [4.69, 9.17) is 4.74 Å². The number of nitrogens with one attached hydrogen (secondary N) is 1. The van der Waals surface area contributed by atoms with Crippen LogP contribution in [0, 0.1) is 13.8 Å². The zero-order valence-corrected chi connectivity index (χ0v) is 17.9. The number of carbonyl (C=O) groups is 1. The summed E-state index contributed by atoms with van der Waals surface area (Å²) >= 11 is 0. The van der Waals surface area contributed by atoms with Crippen molar-refractivity contribution in [2.45, 2.75) is 33.9 Å². The SMILES string of the molecule is CCN1CCN(Cc2ccccc2CNC(=O)COc2ccc(C)c(C)c2)CC1. The van der Waals surface area contributed by atoms with Gasteiger partial charge in [0.1, 0.15) is 5.75 Å². The Morgan fingerprint density at radius 2 is 1.66 bits per heavy atom. The van der Waals surface area contributed by atoms with Crippen molar-refractivity contribution >= 4 is 5.91 Å². The molecule has 0 unspecified atom stereocenters. The molecule has 1 N–H and O–H groups in total. The van der Waals surface area contributed by atoms with Gasteiger partial charge in [0.25, 0.3) is 5.91 Å². The molecule has 1 saturated heterocycles. The van der Waals surface area contributed by atoms with E-state index in [1.807, 2.05) is 31.2 Å². The van der Waals surface area contributed by atoms with Crippen molar-refractivity contribution in [3.8, 4) is 5.75 Å². The topological polar surface area (TPSA) is 44.8 Å². The molecular formula is C24H33N3O2. The second-order valence-corrected chi connectivity index (χ2v) is 7.79. The lowest BCUT2D eigenvalue weighted by atomic mass is 10.1. The number of aryl methyl sites for hydroxylation is 2. The molecule has 156 valence electrons. The number of ether oxygens (including phenoxy) is 1. The average molecular weight is 396 g/mol. The van der Waals surface area contributed by atoms with Gasteiger partial charge in [0.2, 0.25) is 0 Å². The highest BCUT2D eigenvalue weighted by Gasteiger charge is 2.16. The van der Waals surface area contributed by atoms with E-state index >= 15 is 0 Å². The van der Waals surface area contributed by atoms with E-state index in [0.717, 1.165) is 50.6 Å². The average Bonchev–Trinajstić information content (AvgIpc) is 2.74. The lowest BCUT2D eigenvalue weighted by molar-refractivity contribution is -0.123. The van der Waals surface area contributed by atoms with Crippen LogP contribution in [-0.4, -0.2) is 55.0 Å². The van der Waals surface area contributed by atoms with E-state index < -0.39 is 0 Å². The molecule has 0 spiro atoms. The van der Waals surface area contributed by atoms with Gasteiger partial charge in [-0.2, -0.15) is 0 Å². The number of benzene rings is 2. The van der Waals surface area contributed by atoms with Crippen molar-refractivity contribution in [2.75, 3.05) is 39.3 Å². The minimum Gasteiger partial charge on any atom is -0.484 e. The monoisotopic (exact) mass is 395 g/mol. The van der Waals surface area contributed by atoms with E-state index in [0.29, 0.717) is 6.54 Å². The fraction of sp³-hybridized carbons (Fsp3) is 0.458. The zero-order valence-electron chi connectivity index (χ0n) is 17.9. The number of amides is 1. The van der Waals surface area contributed by atoms with Gasteiger partial charge in [0.15, 0.2) is 6.61 Å². The van der Waals surface area contributed by atoms with Gasteiger partial charge in [-0.3, -0.25) is 9.69 Å². The first kappa shape index (κ1) is 21.3. The predicted octanol–water partition coefficient (Wildman–Crippen LogP) is 3.14. The molecule has 1 aliphatic rings. The van der Waals surface area contributed by atoms with E-state index in [9.17, 15) is 4.79 Å². The molecule has 0 aliphatic carbocycles. The fourth-order valence-electron chi connectivity index (χ4n) is 3.59. The third-order valence-corrected chi connectivity index (χ3v) is 5.75. The van der Waals surface area contributed by atoms with Crippen LogP contribution < -0.4 is 10.1 Å². The van der Waals surface area contributed by atoms with Gasteiger partial charge in [0, 0.05) is 39.3 Å². The van der Waals surface area contributed by atoms with Crippen LogP contribution in [0.2, 0.25) is 0 Å². The van der Waals surface area contributed by atoms with Crippen LogP contribution in [0.15, 0.2) is 42.5 Å². The van der Waals surface area contributed by atoms with Crippen molar-refractivity contribution in [2.24, 2.45) is 0 Å². The number of carbonyl (C=O) groups excluding carboxylic acids is 1. The normalized spacial score (nSPS) is 15.3. The number of rotatable bonds is 8. The molecule has 5 nitrogen and oxygen atoms in total. The van der Waals surface area contributed by atoms with Crippen LogP contribution in [0.5, 0.6) is 5.75 Å². The molecule has 2 aromatic rings. The Morgan fingerprint density at radius 3 is 2.34 bits per heavy atom. The largest absolute Gasteiger partial charge is 0.484 e. The summed E-state index contributed by atoms with van der Waals surface area (Å²) in [7, 11) is 0. The Hall–Kier alpha value is -2.37. The summed E-state index contributed by atoms with van der Waals surface area (Å²) in [5.41, 5.74) is 4.84. The molecule has 0 aromatic heterocycles. The van der Waals surface area contributed by atoms with Gasteiger partial charge in [-0.1, -0.05) is 37.3 Å². The summed E-state index contributed by atoms with van der Waals surface area (Å²) in [4.78, 5) is 17.2. The third-order valence-electron chi connectivity index (χ3n) is 5.75. The summed E-state index contributed by atoms with van der Waals surface area (Å²) < 4.78 is 5.64. The van der Waals surface area contributed by atoms with Gasteiger partial charge in [-0.15, -0.1) is 0 Å². The molecule has 0 saturated carbocycles. The standard InChI is InChI=1S/C24H33N3O2/c1-4-26-11-13-27(14-12-26)17-22-8-6-5-7-21(22)16-25-24(28)18-29-23-10-9-19(2)20(3)15-23/h5-10,15H,4,11-14,16-18H2,1-3H3,(H,25,28). The minimum atomic E-state index is -0.102. The van der Waals surface area contributed by atoms with Crippen LogP contribution >= 0.6 is 0 Å². The van der Waals surface area contributed by atoms with Gasteiger partial charge in [-0.05, 0) is 54.8 Å². The van der Waals surface area contributed by atoms with Crippen LogP contribution in [0.25, 0.3) is 0 Å². The maximum atomic E-state index is 12.3. The highest BCUT2D eigenvalue weighted by molar-refractivity contribution is 5.77. The van der Waals surface area contributed by atoms with Gasteiger partial charge >= 0.3 is 0 Å². The minimum absolute atomic E-state index is 0.0314. The molecule has 0 bridgehead atoms. The van der Waals surface area contributed by atoms with Crippen molar-refractivity contribution in [3.05, 3.63) is 64.7 Å². The highest BCUT2D eigenvalue weighted by Crippen LogP contribution is 2.16. The lowest BCUT2D eigenvalue weighted by Crippen LogP contribution is -2.45. The summed E-state index contributed by atoms with van der Waals surface area (Å²) in [5, 5.41) is 3.00. The maximum Gasteiger partial charge on any atom is 0.258 e. The van der Waals surface area contributed by atoms with E-state index in [1.54, 1.807) is 0 Å². The van der Waals surface area contributed by atoms with Crippen LogP contribution in [0.1, 0.15) is 29.2 Å². The quantitative estimate of drug-likeness (QED) is 0.746. The highest BCUT2D eigenvalue weighted by atomic mass is 16.5. The Balaban J connectivity index is 1.48. The molecule has 1 fully saturated rings. The van der Waals surface area contributed by atoms with Crippen LogP contribution in [0.3, 0.4) is 0 Å². The van der Waals surface area contributed by atoms with Crippen LogP contribution in [0.4, 0.5) is 0 Å². The summed E-state index contributed by atoms with van der Waals surface area (Å²) in [6, 6.07) is 14.3. The Kier molecular flexibility index (Phi) is 7.67. The molecule has 0 radical (unpaired) electrons. The van der Waals surface area contributed by atoms with E-state index in [2.05, 4.69) is 47.2 Å². The van der Waals surface area contributed by atoms with E-state index in [-0.39, 0.29) is 12.5 Å². The summed E-state index contributed by atoms with van der Waals surface area (Å²) in [5.74, 6) is 0.629. The molecular weight excluding hydrogens is 362 g/mol.